The number of aromatic nitrogens is 1. The zero-order valence-corrected chi connectivity index (χ0v) is 18.2. The molecular weight excluding hydrogens is 404 g/mol. The molecule has 0 atom stereocenters. The predicted octanol–water partition coefficient (Wildman–Crippen LogP) is 3.59. The van der Waals surface area contributed by atoms with Gasteiger partial charge in [0.15, 0.2) is 16.3 Å². The number of hydrogen-bond donors (Lipinski definition) is 0. The highest BCUT2D eigenvalue weighted by atomic mass is 32.1. The summed E-state index contributed by atoms with van der Waals surface area (Å²) < 4.78 is 18.4. The van der Waals surface area contributed by atoms with Crippen LogP contribution in [0.3, 0.4) is 0 Å². The van der Waals surface area contributed by atoms with Gasteiger partial charge in [-0.05, 0) is 49.7 Å². The van der Waals surface area contributed by atoms with E-state index in [4.69, 9.17) is 14.2 Å². The Bertz CT molecular complexity index is 1150. The van der Waals surface area contributed by atoms with Gasteiger partial charge in [-0.1, -0.05) is 17.4 Å². The molecule has 0 bridgehead atoms. The van der Waals surface area contributed by atoms with Crippen LogP contribution in [0.1, 0.15) is 29.8 Å². The minimum Gasteiger partial charge on any atom is -0.493 e. The summed E-state index contributed by atoms with van der Waals surface area (Å²) in [6, 6.07) is 10.7. The van der Waals surface area contributed by atoms with Crippen molar-refractivity contribution >= 4 is 33.4 Å². The molecule has 0 radical (unpaired) electrons. The zero-order valence-electron chi connectivity index (χ0n) is 17.4. The van der Waals surface area contributed by atoms with E-state index >= 15 is 0 Å². The highest BCUT2D eigenvalue weighted by molar-refractivity contribution is 7.16. The van der Waals surface area contributed by atoms with Crippen LogP contribution in [0, 0.1) is 0 Å². The number of ether oxygens (including phenoxy) is 3. The molecule has 2 aromatic carbocycles. The quantitative estimate of drug-likeness (QED) is 0.538. The molecule has 1 amide bonds. The van der Waals surface area contributed by atoms with Gasteiger partial charge in [0.1, 0.15) is 0 Å². The number of carbonyl (C=O) groups is 2. The third kappa shape index (κ3) is 4.54. The van der Waals surface area contributed by atoms with E-state index in [-0.39, 0.29) is 18.3 Å². The van der Waals surface area contributed by atoms with Gasteiger partial charge >= 0.3 is 5.97 Å². The molecule has 30 heavy (non-hydrogen) atoms. The van der Waals surface area contributed by atoms with Crippen LogP contribution in [0.15, 0.2) is 41.4 Å². The smallest absolute Gasteiger partial charge is 0.338 e. The summed E-state index contributed by atoms with van der Waals surface area (Å²) in [4.78, 5) is 29.6. The van der Waals surface area contributed by atoms with Crippen LogP contribution in [0.4, 0.5) is 0 Å². The molecule has 3 rings (SSSR count). The molecule has 0 saturated carbocycles. The third-order valence-electron chi connectivity index (χ3n) is 4.53. The van der Waals surface area contributed by atoms with Crippen molar-refractivity contribution in [1.29, 1.82) is 0 Å². The van der Waals surface area contributed by atoms with Crippen molar-refractivity contribution in [3.63, 3.8) is 0 Å². The Morgan fingerprint density at radius 1 is 1.03 bits per heavy atom. The summed E-state index contributed by atoms with van der Waals surface area (Å²) in [5, 5.41) is 0. The van der Waals surface area contributed by atoms with Crippen molar-refractivity contribution in [3.05, 3.63) is 52.3 Å². The molecule has 0 fully saturated rings. The average Bonchev–Trinajstić information content (AvgIpc) is 3.09. The molecule has 0 unspecified atom stereocenters. The van der Waals surface area contributed by atoms with Crippen molar-refractivity contribution < 1.29 is 23.8 Å². The molecule has 0 N–H and O–H groups in total. The average molecular weight is 429 g/mol. The van der Waals surface area contributed by atoms with Gasteiger partial charge in [0.05, 0.1) is 43.0 Å². The third-order valence-corrected chi connectivity index (χ3v) is 5.57. The lowest BCUT2D eigenvalue weighted by Gasteiger charge is -2.08. The number of aryl methyl sites for hydroxylation is 1. The van der Waals surface area contributed by atoms with Crippen LogP contribution in [-0.4, -0.2) is 37.3 Å². The summed E-state index contributed by atoms with van der Waals surface area (Å²) in [7, 11) is 3.12. The first-order valence-corrected chi connectivity index (χ1v) is 10.4. The molecule has 0 aliphatic heterocycles. The SMILES string of the molecule is CCOC(=O)c1ccc2c(c1)sc(=NC(=O)Cc1ccc(OC)c(OC)c1)n2CC. The summed E-state index contributed by atoms with van der Waals surface area (Å²) in [5.41, 5.74) is 2.19. The van der Waals surface area contributed by atoms with Crippen molar-refractivity contribution in [2.45, 2.75) is 26.8 Å². The predicted molar refractivity (Wildman–Crippen MR) is 115 cm³/mol. The number of thiazole rings is 1. The fourth-order valence-corrected chi connectivity index (χ4v) is 4.27. The van der Waals surface area contributed by atoms with Gasteiger partial charge in [0, 0.05) is 6.54 Å². The Labute approximate surface area is 178 Å². The van der Waals surface area contributed by atoms with Crippen molar-refractivity contribution in [2.75, 3.05) is 20.8 Å². The summed E-state index contributed by atoms with van der Waals surface area (Å²) in [6.07, 6.45) is 0.145. The van der Waals surface area contributed by atoms with E-state index in [1.807, 2.05) is 23.6 Å². The Balaban J connectivity index is 1.92. The summed E-state index contributed by atoms with van der Waals surface area (Å²) >= 11 is 1.37. The minimum atomic E-state index is -0.362. The number of esters is 1. The Morgan fingerprint density at radius 2 is 1.80 bits per heavy atom. The second-order valence-electron chi connectivity index (χ2n) is 6.40. The van der Waals surface area contributed by atoms with Crippen LogP contribution in [0.2, 0.25) is 0 Å². The first-order chi connectivity index (χ1) is 14.5. The van der Waals surface area contributed by atoms with Gasteiger partial charge in [-0.25, -0.2) is 4.79 Å². The van der Waals surface area contributed by atoms with E-state index in [1.165, 1.54) is 11.3 Å². The number of amides is 1. The molecule has 3 aromatic rings. The van der Waals surface area contributed by atoms with Crippen LogP contribution >= 0.6 is 11.3 Å². The maximum atomic E-state index is 12.6. The number of benzene rings is 2. The second-order valence-corrected chi connectivity index (χ2v) is 7.41. The number of nitrogens with zero attached hydrogens (tertiary/aromatic N) is 2. The van der Waals surface area contributed by atoms with E-state index in [2.05, 4.69) is 4.99 Å². The molecule has 7 nitrogen and oxygen atoms in total. The highest BCUT2D eigenvalue weighted by Crippen LogP contribution is 2.27. The summed E-state index contributed by atoms with van der Waals surface area (Å²) in [5.74, 6) is 0.552. The molecule has 158 valence electrons. The number of rotatable bonds is 7. The van der Waals surface area contributed by atoms with E-state index in [0.29, 0.717) is 35.0 Å². The summed E-state index contributed by atoms with van der Waals surface area (Å²) in [6.45, 7) is 4.74. The van der Waals surface area contributed by atoms with Gasteiger partial charge < -0.3 is 18.8 Å². The maximum Gasteiger partial charge on any atom is 0.338 e. The normalized spacial score (nSPS) is 11.5. The van der Waals surface area contributed by atoms with E-state index in [9.17, 15) is 9.59 Å². The molecule has 8 heteroatoms. The van der Waals surface area contributed by atoms with E-state index in [0.717, 1.165) is 15.8 Å². The molecule has 0 spiro atoms. The Morgan fingerprint density at radius 3 is 2.47 bits per heavy atom. The molecule has 1 heterocycles. The van der Waals surface area contributed by atoms with Gasteiger partial charge in [-0.15, -0.1) is 0 Å². The van der Waals surface area contributed by atoms with Gasteiger partial charge in [-0.2, -0.15) is 4.99 Å². The first-order valence-electron chi connectivity index (χ1n) is 9.59. The monoisotopic (exact) mass is 428 g/mol. The van der Waals surface area contributed by atoms with Gasteiger partial charge in [0.25, 0.3) is 5.91 Å². The topological polar surface area (TPSA) is 79.1 Å². The van der Waals surface area contributed by atoms with E-state index < -0.39 is 0 Å². The minimum absolute atomic E-state index is 0.145. The molecule has 0 aliphatic rings. The Hall–Kier alpha value is -3.13. The number of fused-ring (bicyclic) bond motifs is 1. The number of methoxy groups -OCH3 is 2. The zero-order chi connectivity index (χ0) is 21.7. The molecule has 0 aliphatic carbocycles. The van der Waals surface area contributed by atoms with Crippen LogP contribution in [0.25, 0.3) is 10.2 Å². The fourth-order valence-electron chi connectivity index (χ4n) is 3.12. The standard InChI is InChI=1S/C22H24N2O5S/c1-5-24-16-9-8-15(21(26)29-6-2)13-19(16)30-22(24)23-20(25)12-14-7-10-17(27-3)18(11-14)28-4/h7-11,13H,5-6,12H2,1-4H3. The van der Waals surface area contributed by atoms with Gasteiger partial charge in [-0.3, -0.25) is 4.79 Å². The first kappa shape index (κ1) is 21.6. The van der Waals surface area contributed by atoms with Crippen LogP contribution in [-0.2, 0) is 22.5 Å². The second kappa shape index (κ2) is 9.58. The van der Waals surface area contributed by atoms with Crippen molar-refractivity contribution in [3.8, 4) is 11.5 Å². The number of carbonyl (C=O) groups excluding carboxylic acids is 2. The lowest BCUT2D eigenvalue weighted by Crippen LogP contribution is -2.16. The Kier molecular flexibility index (Phi) is 6.89. The van der Waals surface area contributed by atoms with Crippen LogP contribution in [0.5, 0.6) is 11.5 Å². The van der Waals surface area contributed by atoms with Gasteiger partial charge in [0.2, 0.25) is 0 Å². The van der Waals surface area contributed by atoms with Crippen LogP contribution < -0.4 is 14.3 Å². The number of hydrogen-bond acceptors (Lipinski definition) is 6. The van der Waals surface area contributed by atoms with E-state index in [1.54, 1.807) is 45.4 Å². The molecular formula is C22H24N2O5S. The fraction of sp³-hybridized carbons (Fsp3) is 0.318. The molecule has 0 saturated heterocycles. The van der Waals surface area contributed by atoms with Crippen molar-refractivity contribution in [2.24, 2.45) is 4.99 Å². The largest absolute Gasteiger partial charge is 0.493 e. The molecule has 1 aromatic heterocycles. The lowest BCUT2D eigenvalue weighted by atomic mass is 10.1. The lowest BCUT2D eigenvalue weighted by molar-refractivity contribution is -0.117. The van der Waals surface area contributed by atoms with Crippen molar-refractivity contribution in [1.82, 2.24) is 4.57 Å². The maximum absolute atomic E-state index is 12.6. The highest BCUT2D eigenvalue weighted by Gasteiger charge is 2.13.